The summed E-state index contributed by atoms with van der Waals surface area (Å²) in [5.74, 6) is 0. The van der Waals surface area contributed by atoms with Gasteiger partial charge >= 0.3 is 0 Å². The molecule has 1 aromatic carbocycles. The number of fused-ring (bicyclic) bond motifs is 1. The van der Waals surface area contributed by atoms with E-state index in [1.165, 1.54) is 23.1 Å². The molecule has 1 aliphatic rings. The first-order valence-electron chi connectivity index (χ1n) is 5.31. The molecule has 1 atom stereocenters. The zero-order valence-electron chi connectivity index (χ0n) is 8.93. The first-order chi connectivity index (χ1) is 6.83. The van der Waals surface area contributed by atoms with Crippen LogP contribution in [-0.2, 0) is 13.0 Å². The highest BCUT2D eigenvalue weighted by molar-refractivity contribution is 5.38. The van der Waals surface area contributed by atoms with Gasteiger partial charge in [-0.2, -0.15) is 0 Å². The van der Waals surface area contributed by atoms with Crippen molar-refractivity contribution in [3.63, 3.8) is 0 Å². The molecule has 0 unspecified atom stereocenters. The summed E-state index contributed by atoms with van der Waals surface area (Å²) in [4.78, 5) is 0. The minimum atomic E-state index is 0.449. The van der Waals surface area contributed by atoms with Gasteiger partial charge in [-0.1, -0.05) is 18.2 Å². The lowest BCUT2D eigenvalue weighted by Crippen LogP contribution is -2.26. The Balaban J connectivity index is 2.39. The molecule has 1 aliphatic heterocycles. The Bertz CT molecular complexity index is 320. The van der Waals surface area contributed by atoms with Crippen molar-refractivity contribution in [1.82, 2.24) is 10.6 Å². The minimum Gasteiger partial charge on any atom is -0.313 e. The maximum atomic E-state index is 3.43. The Morgan fingerprint density at radius 1 is 1.43 bits per heavy atom. The van der Waals surface area contributed by atoms with Gasteiger partial charge in [-0.25, -0.2) is 0 Å². The predicted molar refractivity (Wildman–Crippen MR) is 59.3 cm³/mol. The highest BCUT2D eigenvalue weighted by atomic mass is 14.9. The van der Waals surface area contributed by atoms with Gasteiger partial charge < -0.3 is 10.6 Å². The average Bonchev–Trinajstić information content (AvgIpc) is 2.27. The van der Waals surface area contributed by atoms with Gasteiger partial charge in [0.25, 0.3) is 0 Å². The quantitative estimate of drug-likeness (QED) is 0.740. The Kier molecular flexibility index (Phi) is 2.85. The van der Waals surface area contributed by atoms with Crippen molar-refractivity contribution in [1.29, 1.82) is 0 Å². The van der Waals surface area contributed by atoms with Crippen LogP contribution in [-0.4, -0.2) is 13.6 Å². The second-order valence-electron chi connectivity index (χ2n) is 3.92. The van der Waals surface area contributed by atoms with Gasteiger partial charge in [0, 0.05) is 12.6 Å². The van der Waals surface area contributed by atoms with Gasteiger partial charge in [0.15, 0.2) is 0 Å². The van der Waals surface area contributed by atoms with E-state index >= 15 is 0 Å². The molecule has 0 saturated carbocycles. The fourth-order valence-electron chi connectivity index (χ4n) is 2.10. The van der Waals surface area contributed by atoms with Crippen LogP contribution >= 0.6 is 0 Å². The van der Waals surface area contributed by atoms with Crippen molar-refractivity contribution in [2.75, 3.05) is 13.6 Å². The third-order valence-corrected chi connectivity index (χ3v) is 3.08. The summed E-state index contributed by atoms with van der Waals surface area (Å²) in [6.07, 6.45) is 1.17. The van der Waals surface area contributed by atoms with E-state index in [4.69, 9.17) is 0 Å². The summed E-state index contributed by atoms with van der Waals surface area (Å²) < 4.78 is 0. The normalized spacial score (nSPS) is 17.6. The van der Waals surface area contributed by atoms with Gasteiger partial charge in [0.2, 0.25) is 0 Å². The van der Waals surface area contributed by atoms with E-state index in [-0.39, 0.29) is 0 Å². The van der Waals surface area contributed by atoms with Crippen molar-refractivity contribution in [3.8, 4) is 0 Å². The molecular weight excluding hydrogens is 172 g/mol. The van der Waals surface area contributed by atoms with Crippen LogP contribution in [0.3, 0.4) is 0 Å². The van der Waals surface area contributed by atoms with E-state index in [0.717, 1.165) is 13.1 Å². The summed E-state index contributed by atoms with van der Waals surface area (Å²) in [5, 5.41) is 6.74. The molecule has 2 rings (SSSR count). The van der Waals surface area contributed by atoms with Crippen molar-refractivity contribution >= 4 is 0 Å². The third kappa shape index (κ3) is 1.68. The fraction of sp³-hybridized carbons (Fsp3) is 0.500. The second-order valence-corrected chi connectivity index (χ2v) is 3.92. The van der Waals surface area contributed by atoms with Crippen LogP contribution in [0.2, 0.25) is 0 Å². The SMILES string of the molecule is CN[C@@H](C)c1cccc2c1CNCC2. The number of rotatable bonds is 2. The predicted octanol–water partition coefficient (Wildman–Crippen LogP) is 1.61. The lowest BCUT2D eigenvalue weighted by atomic mass is 9.93. The molecule has 0 aliphatic carbocycles. The summed E-state index contributed by atoms with van der Waals surface area (Å²) in [6, 6.07) is 7.10. The number of hydrogen-bond donors (Lipinski definition) is 2. The molecule has 0 saturated heterocycles. The molecular formula is C12H18N2. The van der Waals surface area contributed by atoms with E-state index in [9.17, 15) is 0 Å². The van der Waals surface area contributed by atoms with Crippen LogP contribution in [0.1, 0.15) is 29.7 Å². The first kappa shape index (κ1) is 9.69. The van der Waals surface area contributed by atoms with E-state index < -0.39 is 0 Å². The highest BCUT2D eigenvalue weighted by Gasteiger charge is 2.14. The Labute approximate surface area is 85.7 Å². The van der Waals surface area contributed by atoms with Crippen molar-refractivity contribution in [2.24, 2.45) is 0 Å². The smallest absolute Gasteiger partial charge is 0.0292 e. The fourth-order valence-corrected chi connectivity index (χ4v) is 2.10. The topological polar surface area (TPSA) is 24.1 Å². The van der Waals surface area contributed by atoms with Crippen LogP contribution in [0.25, 0.3) is 0 Å². The molecule has 0 radical (unpaired) electrons. The number of benzene rings is 1. The zero-order chi connectivity index (χ0) is 9.97. The van der Waals surface area contributed by atoms with Crippen LogP contribution in [0.4, 0.5) is 0 Å². The minimum absolute atomic E-state index is 0.449. The number of nitrogens with one attached hydrogen (secondary N) is 2. The van der Waals surface area contributed by atoms with E-state index in [1.807, 2.05) is 7.05 Å². The molecule has 0 spiro atoms. The molecule has 1 heterocycles. The molecule has 0 bridgehead atoms. The lowest BCUT2D eigenvalue weighted by Gasteiger charge is -2.23. The van der Waals surface area contributed by atoms with Gasteiger partial charge in [0.05, 0.1) is 0 Å². The highest BCUT2D eigenvalue weighted by Crippen LogP contribution is 2.23. The second kappa shape index (κ2) is 4.11. The summed E-state index contributed by atoms with van der Waals surface area (Å²) in [7, 11) is 2.01. The standard InChI is InChI=1S/C12H18N2/c1-9(13-2)11-5-3-4-10-6-7-14-8-12(10)11/h3-5,9,13-14H,6-8H2,1-2H3/t9-/m0/s1. The van der Waals surface area contributed by atoms with Crippen LogP contribution in [0, 0.1) is 0 Å². The van der Waals surface area contributed by atoms with E-state index in [1.54, 1.807) is 0 Å². The van der Waals surface area contributed by atoms with Crippen LogP contribution < -0.4 is 10.6 Å². The third-order valence-electron chi connectivity index (χ3n) is 3.08. The van der Waals surface area contributed by atoms with Crippen molar-refractivity contribution in [3.05, 3.63) is 34.9 Å². The van der Waals surface area contributed by atoms with E-state index in [2.05, 4.69) is 35.8 Å². The molecule has 0 aromatic heterocycles. The van der Waals surface area contributed by atoms with Crippen LogP contribution in [0.15, 0.2) is 18.2 Å². The van der Waals surface area contributed by atoms with Crippen LogP contribution in [0.5, 0.6) is 0 Å². The van der Waals surface area contributed by atoms with Gasteiger partial charge in [0.1, 0.15) is 0 Å². The molecule has 2 N–H and O–H groups in total. The summed E-state index contributed by atoms with van der Waals surface area (Å²) in [6.45, 7) is 4.35. The Hall–Kier alpha value is -0.860. The maximum absolute atomic E-state index is 3.43. The molecule has 0 fully saturated rings. The molecule has 76 valence electrons. The molecule has 14 heavy (non-hydrogen) atoms. The monoisotopic (exact) mass is 190 g/mol. The lowest BCUT2D eigenvalue weighted by molar-refractivity contribution is 0.601. The van der Waals surface area contributed by atoms with Gasteiger partial charge in [-0.15, -0.1) is 0 Å². The molecule has 0 amide bonds. The van der Waals surface area contributed by atoms with Gasteiger partial charge in [-0.05, 0) is 43.6 Å². The summed E-state index contributed by atoms with van der Waals surface area (Å²) in [5.41, 5.74) is 4.46. The van der Waals surface area contributed by atoms with Crippen molar-refractivity contribution < 1.29 is 0 Å². The largest absolute Gasteiger partial charge is 0.313 e. The Morgan fingerprint density at radius 3 is 3.07 bits per heavy atom. The summed E-state index contributed by atoms with van der Waals surface area (Å²) >= 11 is 0. The maximum Gasteiger partial charge on any atom is 0.0292 e. The molecule has 2 heteroatoms. The average molecular weight is 190 g/mol. The zero-order valence-corrected chi connectivity index (χ0v) is 8.93. The molecule has 2 nitrogen and oxygen atoms in total. The molecule has 1 aromatic rings. The first-order valence-corrected chi connectivity index (χ1v) is 5.31. The van der Waals surface area contributed by atoms with Crippen molar-refractivity contribution in [2.45, 2.75) is 25.9 Å². The van der Waals surface area contributed by atoms with E-state index in [0.29, 0.717) is 6.04 Å². The van der Waals surface area contributed by atoms with Gasteiger partial charge in [-0.3, -0.25) is 0 Å². The Morgan fingerprint density at radius 2 is 2.29 bits per heavy atom. The number of hydrogen-bond acceptors (Lipinski definition) is 2.